The van der Waals surface area contributed by atoms with Gasteiger partial charge in [-0.2, -0.15) is 0 Å². The predicted molar refractivity (Wildman–Crippen MR) is 74.6 cm³/mol. The molecule has 2 N–H and O–H groups in total. The molecule has 0 fully saturated rings. The van der Waals surface area contributed by atoms with Crippen LogP contribution >= 0.6 is 7.37 Å². The van der Waals surface area contributed by atoms with Crippen LogP contribution in [0.5, 0.6) is 0 Å². The fourth-order valence-electron chi connectivity index (χ4n) is 1.97. The molecule has 2 rings (SSSR count). The zero-order chi connectivity index (χ0) is 13.9. The molecule has 0 amide bonds. The van der Waals surface area contributed by atoms with Crippen LogP contribution in [0.25, 0.3) is 10.8 Å². The Bertz CT molecular complexity index is 651. The summed E-state index contributed by atoms with van der Waals surface area (Å²) in [6.45, 7) is 0. The number of aliphatic carboxylic acids is 1. The minimum Gasteiger partial charge on any atom is -0.481 e. The zero-order valence-electron chi connectivity index (χ0n) is 10.3. The van der Waals surface area contributed by atoms with E-state index in [9.17, 15) is 14.3 Å². The predicted octanol–water partition coefficient (Wildman–Crippen LogP) is 3.08. The normalized spacial score (nSPS) is 14.2. The maximum atomic E-state index is 11.9. The van der Waals surface area contributed by atoms with Gasteiger partial charge in [0.15, 0.2) is 0 Å². The number of hydrogen-bond donors (Lipinski definition) is 2. The first kappa shape index (κ1) is 13.8. The summed E-state index contributed by atoms with van der Waals surface area (Å²) in [6.07, 6.45) is -0.443. The third kappa shape index (κ3) is 3.91. The van der Waals surface area contributed by atoms with Gasteiger partial charge in [0.1, 0.15) is 0 Å². The smallest absolute Gasteiger partial charge is 0.303 e. The Kier molecular flexibility index (Phi) is 4.03. The molecule has 0 saturated heterocycles. The van der Waals surface area contributed by atoms with Crippen molar-refractivity contribution in [3.63, 3.8) is 0 Å². The van der Waals surface area contributed by atoms with Gasteiger partial charge < -0.3 is 10.00 Å². The van der Waals surface area contributed by atoms with Gasteiger partial charge in [0.05, 0.1) is 6.42 Å². The molecule has 0 spiro atoms. The minimum atomic E-state index is -3.43. The summed E-state index contributed by atoms with van der Waals surface area (Å²) in [5, 5.41) is 10.6. The Morgan fingerprint density at radius 2 is 1.79 bits per heavy atom. The maximum Gasteiger partial charge on any atom is 0.303 e. The van der Waals surface area contributed by atoms with E-state index in [1.165, 1.54) is 0 Å². The van der Waals surface area contributed by atoms with Crippen molar-refractivity contribution in [1.29, 1.82) is 0 Å². The first-order valence-electron chi connectivity index (χ1n) is 5.97. The number of carboxylic acids is 1. The Morgan fingerprint density at radius 1 is 1.11 bits per heavy atom. The van der Waals surface area contributed by atoms with Gasteiger partial charge >= 0.3 is 5.97 Å². The number of carbonyl (C=O) groups is 1. The molecule has 5 heteroatoms. The van der Waals surface area contributed by atoms with Crippen molar-refractivity contribution >= 4 is 24.1 Å². The van der Waals surface area contributed by atoms with E-state index in [-0.39, 0.29) is 18.7 Å². The van der Waals surface area contributed by atoms with Crippen LogP contribution in [-0.4, -0.2) is 22.1 Å². The first-order valence-corrected chi connectivity index (χ1v) is 8.00. The first-order chi connectivity index (χ1) is 8.96. The number of rotatable bonds is 5. The number of hydrogen-bond acceptors (Lipinski definition) is 2. The highest BCUT2D eigenvalue weighted by Gasteiger charge is 2.20. The molecular weight excluding hydrogens is 263 g/mol. The molecule has 0 aliphatic heterocycles. The van der Waals surface area contributed by atoms with Gasteiger partial charge in [-0.1, -0.05) is 42.5 Å². The van der Waals surface area contributed by atoms with E-state index in [2.05, 4.69) is 0 Å². The Balaban J connectivity index is 2.16. The topological polar surface area (TPSA) is 74.6 Å². The van der Waals surface area contributed by atoms with Gasteiger partial charge in [-0.05, 0) is 16.3 Å². The average molecular weight is 278 g/mol. The van der Waals surface area contributed by atoms with Crippen molar-refractivity contribution in [3.05, 3.63) is 48.0 Å². The fraction of sp³-hybridized carbons (Fsp3) is 0.214. The summed E-state index contributed by atoms with van der Waals surface area (Å²) in [4.78, 5) is 20.2. The van der Waals surface area contributed by atoms with E-state index in [1.54, 1.807) is 0 Å². The van der Waals surface area contributed by atoms with Gasteiger partial charge in [-0.15, -0.1) is 0 Å². The van der Waals surface area contributed by atoms with E-state index in [1.807, 2.05) is 42.5 Å². The van der Waals surface area contributed by atoms with Crippen molar-refractivity contribution in [1.82, 2.24) is 0 Å². The monoisotopic (exact) mass is 278 g/mol. The lowest BCUT2D eigenvalue weighted by molar-refractivity contribution is -0.136. The van der Waals surface area contributed by atoms with Crippen LogP contribution in [-0.2, 0) is 15.5 Å². The molecule has 0 heterocycles. The second-order valence-corrected chi connectivity index (χ2v) is 7.01. The summed E-state index contributed by atoms with van der Waals surface area (Å²) in [5.41, 5.74) is 0.759. The Hall–Kier alpha value is -1.64. The molecule has 0 bridgehead atoms. The fourth-order valence-corrected chi connectivity index (χ4v) is 3.44. The third-order valence-corrected chi connectivity index (χ3v) is 4.70. The van der Waals surface area contributed by atoms with Crippen LogP contribution in [0.2, 0.25) is 0 Å². The lowest BCUT2D eigenvalue weighted by Crippen LogP contribution is -2.01. The molecule has 100 valence electrons. The van der Waals surface area contributed by atoms with E-state index < -0.39 is 13.3 Å². The summed E-state index contributed by atoms with van der Waals surface area (Å²) >= 11 is 0. The Morgan fingerprint density at radius 3 is 2.47 bits per heavy atom. The van der Waals surface area contributed by atoms with Crippen molar-refractivity contribution in [2.45, 2.75) is 12.6 Å². The highest BCUT2D eigenvalue weighted by atomic mass is 31.2. The van der Waals surface area contributed by atoms with E-state index in [0.717, 1.165) is 16.3 Å². The molecule has 4 nitrogen and oxygen atoms in total. The third-order valence-electron chi connectivity index (χ3n) is 2.92. The summed E-state index contributed by atoms with van der Waals surface area (Å²) in [6, 6.07) is 13.4. The van der Waals surface area contributed by atoms with Gasteiger partial charge in [-0.25, -0.2) is 0 Å². The van der Waals surface area contributed by atoms with E-state index in [0.29, 0.717) is 0 Å². The van der Waals surface area contributed by atoms with Crippen molar-refractivity contribution in [3.8, 4) is 0 Å². The summed E-state index contributed by atoms with van der Waals surface area (Å²) in [7, 11) is -3.43. The SMILES string of the molecule is O=C(O)CCP(=O)(O)Cc1ccc2ccccc2c1. The lowest BCUT2D eigenvalue weighted by atomic mass is 10.1. The van der Waals surface area contributed by atoms with Crippen molar-refractivity contribution in [2.75, 3.05) is 6.16 Å². The molecule has 0 aromatic heterocycles. The summed E-state index contributed by atoms with van der Waals surface area (Å²) in [5.74, 6) is -1.05. The molecule has 0 radical (unpaired) electrons. The minimum absolute atomic E-state index is 0.0190. The second-order valence-electron chi connectivity index (χ2n) is 4.55. The highest BCUT2D eigenvalue weighted by Crippen LogP contribution is 2.45. The standard InChI is InChI=1S/C14H15O4P/c15-14(16)7-8-19(17,18)10-11-5-6-12-3-1-2-4-13(12)9-11/h1-6,9H,7-8,10H2,(H,15,16)(H,17,18). The van der Waals surface area contributed by atoms with Crippen LogP contribution < -0.4 is 0 Å². The van der Waals surface area contributed by atoms with Crippen LogP contribution in [0.3, 0.4) is 0 Å². The molecule has 19 heavy (non-hydrogen) atoms. The zero-order valence-corrected chi connectivity index (χ0v) is 11.2. The molecule has 0 saturated carbocycles. The molecule has 1 atom stereocenters. The van der Waals surface area contributed by atoms with Crippen molar-refractivity contribution < 1.29 is 19.4 Å². The number of fused-ring (bicyclic) bond motifs is 1. The molecule has 0 aliphatic rings. The number of benzene rings is 2. The molecular formula is C14H15O4P. The molecule has 1 unspecified atom stereocenters. The van der Waals surface area contributed by atoms with Crippen molar-refractivity contribution in [2.24, 2.45) is 0 Å². The van der Waals surface area contributed by atoms with Gasteiger partial charge in [0.2, 0.25) is 7.37 Å². The second kappa shape index (κ2) is 5.55. The molecule has 2 aromatic carbocycles. The maximum absolute atomic E-state index is 11.9. The van der Waals surface area contributed by atoms with Crippen LogP contribution in [0.1, 0.15) is 12.0 Å². The molecule has 2 aromatic rings. The van der Waals surface area contributed by atoms with Crippen LogP contribution in [0.15, 0.2) is 42.5 Å². The van der Waals surface area contributed by atoms with E-state index >= 15 is 0 Å². The van der Waals surface area contributed by atoms with Gasteiger partial charge in [0, 0.05) is 12.3 Å². The highest BCUT2D eigenvalue weighted by molar-refractivity contribution is 7.57. The quantitative estimate of drug-likeness (QED) is 0.824. The molecule has 0 aliphatic carbocycles. The van der Waals surface area contributed by atoms with E-state index in [4.69, 9.17) is 5.11 Å². The Labute approximate surface area is 111 Å². The van der Waals surface area contributed by atoms with Gasteiger partial charge in [-0.3, -0.25) is 9.36 Å². The summed E-state index contributed by atoms with van der Waals surface area (Å²) < 4.78 is 11.9. The van der Waals surface area contributed by atoms with Gasteiger partial charge in [0.25, 0.3) is 0 Å². The lowest BCUT2D eigenvalue weighted by Gasteiger charge is -2.11. The van der Waals surface area contributed by atoms with Crippen LogP contribution in [0, 0.1) is 0 Å². The largest absolute Gasteiger partial charge is 0.481 e. The average Bonchev–Trinajstić information content (AvgIpc) is 2.36. The number of carboxylic acid groups (broad SMARTS) is 1. The van der Waals surface area contributed by atoms with Crippen LogP contribution in [0.4, 0.5) is 0 Å².